The number of ether oxygens (including phenoxy) is 2. The summed E-state index contributed by atoms with van der Waals surface area (Å²) in [4.78, 5) is 23.7. The molecule has 2 amide bonds. The van der Waals surface area contributed by atoms with E-state index >= 15 is 0 Å². The van der Waals surface area contributed by atoms with E-state index in [1.54, 1.807) is 18.2 Å². The van der Waals surface area contributed by atoms with Gasteiger partial charge in [-0.15, -0.1) is 0 Å². The zero-order chi connectivity index (χ0) is 16.1. The topological polar surface area (TPSA) is 81.6 Å². The molecule has 7 heteroatoms. The van der Waals surface area contributed by atoms with E-state index in [1.807, 2.05) is 35.2 Å². The number of hydrogen-bond donors (Lipinski definition) is 2. The van der Waals surface area contributed by atoms with Crippen molar-refractivity contribution < 1.29 is 19.1 Å². The molecule has 1 aliphatic heterocycles. The number of aryl methyl sites for hydroxylation is 1. The Bertz CT molecular complexity index is 684. The van der Waals surface area contributed by atoms with Crippen LogP contribution in [-0.2, 0) is 16.1 Å². The molecule has 0 unspecified atom stereocenters. The third-order valence-corrected chi connectivity index (χ3v) is 3.39. The van der Waals surface area contributed by atoms with Crippen LogP contribution in [0.2, 0.25) is 0 Å². The van der Waals surface area contributed by atoms with Crippen molar-refractivity contribution in [1.29, 1.82) is 0 Å². The van der Waals surface area contributed by atoms with Crippen LogP contribution >= 0.6 is 0 Å². The molecule has 2 N–H and O–H groups in total. The Morgan fingerprint density at radius 1 is 1.09 bits per heavy atom. The molecule has 7 nitrogen and oxygen atoms in total. The van der Waals surface area contributed by atoms with E-state index in [2.05, 4.69) is 10.9 Å². The van der Waals surface area contributed by atoms with Gasteiger partial charge in [-0.25, -0.2) is 0 Å². The minimum atomic E-state index is -0.797. The lowest BCUT2D eigenvalue weighted by atomic mass is 10.2. The van der Waals surface area contributed by atoms with Crippen LogP contribution in [0.5, 0.6) is 11.5 Å². The highest BCUT2D eigenvalue weighted by atomic mass is 16.6. The Hall–Kier alpha value is -2.96. The van der Waals surface area contributed by atoms with Crippen molar-refractivity contribution >= 4 is 11.8 Å². The first-order valence-corrected chi connectivity index (χ1v) is 7.30. The summed E-state index contributed by atoms with van der Waals surface area (Å²) in [6.07, 6.45) is 3.21. The number of rotatable bonds is 4. The lowest BCUT2D eigenvalue weighted by Crippen LogP contribution is -2.50. The zero-order valence-corrected chi connectivity index (χ0v) is 12.4. The highest BCUT2D eigenvalue weighted by Crippen LogP contribution is 2.30. The molecule has 0 saturated carbocycles. The van der Waals surface area contributed by atoms with Crippen molar-refractivity contribution in [1.82, 2.24) is 15.4 Å². The molecule has 120 valence electrons. The Morgan fingerprint density at radius 2 is 1.83 bits per heavy atom. The molecule has 0 radical (unpaired) electrons. The van der Waals surface area contributed by atoms with Crippen LogP contribution in [0.15, 0.2) is 48.8 Å². The Morgan fingerprint density at radius 3 is 2.61 bits per heavy atom. The molecule has 23 heavy (non-hydrogen) atoms. The molecule has 1 aromatic heterocycles. The SMILES string of the molecule is O=C(CCn1cccc1)NNC(=O)[C@H]1COc2ccccc2O1. The summed E-state index contributed by atoms with van der Waals surface area (Å²) in [5.74, 6) is 0.392. The number of hydrazine groups is 1. The van der Waals surface area contributed by atoms with Crippen LogP contribution in [0.4, 0.5) is 0 Å². The Kier molecular flexibility index (Phi) is 4.46. The van der Waals surface area contributed by atoms with Gasteiger partial charge in [-0.2, -0.15) is 0 Å². The van der Waals surface area contributed by atoms with Crippen molar-refractivity contribution in [3.63, 3.8) is 0 Å². The average molecular weight is 315 g/mol. The van der Waals surface area contributed by atoms with E-state index in [4.69, 9.17) is 9.47 Å². The fourth-order valence-electron chi connectivity index (χ4n) is 2.17. The number of carbonyl (C=O) groups is 2. The van der Waals surface area contributed by atoms with Crippen LogP contribution in [0.1, 0.15) is 6.42 Å². The Balaban J connectivity index is 1.44. The van der Waals surface area contributed by atoms with Gasteiger partial charge in [0.2, 0.25) is 12.0 Å². The first-order valence-electron chi connectivity index (χ1n) is 7.30. The number of amides is 2. The van der Waals surface area contributed by atoms with Crippen molar-refractivity contribution in [3.05, 3.63) is 48.8 Å². The van der Waals surface area contributed by atoms with Gasteiger partial charge in [0.1, 0.15) is 6.61 Å². The maximum absolute atomic E-state index is 12.0. The predicted octanol–water partition coefficient (Wildman–Crippen LogP) is 0.866. The quantitative estimate of drug-likeness (QED) is 0.820. The van der Waals surface area contributed by atoms with Gasteiger partial charge in [0.15, 0.2) is 11.5 Å². The minimum Gasteiger partial charge on any atom is -0.485 e. The van der Waals surface area contributed by atoms with Crippen LogP contribution in [0, 0.1) is 0 Å². The maximum Gasteiger partial charge on any atom is 0.283 e. The molecule has 0 spiro atoms. The van der Waals surface area contributed by atoms with E-state index in [1.165, 1.54) is 0 Å². The van der Waals surface area contributed by atoms with E-state index in [9.17, 15) is 9.59 Å². The summed E-state index contributed by atoms with van der Waals surface area (Å²) in [6.45, 7) is 0.646. The smallest absolute Gasteiger partial charge is 0.283 e. The molecule has 1 atom stereocenters. The number of benzene rings is 1. The number of nitrogens with zero attached hydrogens (tertiary/aromatic N) is 1. The number of carbonyl (C=O) groups excluding carboxylic acids is 2. The first-order chi connectivity index (χ1) is 11.2. The molecular weight excluding hydrogens is 298 g/mol. The summed E-state index contributed by atoms with van der Waals surface area (Å²) in [5, 5.41) is 0. The second-order valence-electron chi connectivity index (χ2n) is 5.07. The predicted molar refractivity (Wildman–Crippen MR) is 81.7 cm³/mol. The van der Waals surface area contributed by atoms with Crippen molar-refractivity contribution in [2.24, 2.45) is 0 Å². The normalized spacial score (nSPS) is 15.7. The largest absolute Gasteiger partial charge is 0.485 e. The van der Waals surface area contributed by atoms with E-state index in [0.717, 1.165) is 0 Å². The maximum atomic E-state index is 12.0. The summed E-state index contributed by atoms with van der Waals surface area (Å²) in [7, 11) is 0. The molecule has 3 rings (SSSR count). The molecule has 2 heterocycles. The second kappa shape index (κ2) is 6.87. The monoisotopic (exact) mass is 315 g/mol. The van der Waals surface area contributed by atoms with Crippen molar-refractivity contribution in [3.8, 4) is 11.5 Å². The molecule has 0 fully saturated rings. The fraction of sp³-hybridized carbons (Fsp3) is 0.250. The Labute approximate surface area is 133 Å². The van der Waals surface area contributed by atoms with Crippen molar-refractivity contribution in [2.45, 2.75) is 19.1 Å². The van der Waals surface area contributed by atoms with E-state index in [-0.39, 0.29) is 18.9 Å². The van der Waals surface area contributed by atoms with Gasteiger partial charge < -0.3 is 14.0 Å². The van der Waals surface area contributed by atoms with Gasteiger partial charge in [-0.3, -0.25) is 20.4 Å². The van der Waals surface area contributed by atoms with Gasteiger partial charge >= 0.3 is 0 Å². The van der Waals surface area contributed by atoms with Gasteiger partial charge in [0, 0.05) is 25.4 Å². The number of para-hydroxylation sites is 2. The standard InChI is InChI=1S/C16H17N3O4/c20-15(7-10-19-8-3-4-9-19)17-18-16(21)14-11-22-12-5-1-2-6-13(12)23-14/h1-6,8-9,14H,7,10-11H2,(H,17,20)(H,18,21)/t14-/m1/s1. The molecule has 1 aliphatic rings. The van der Waals surface area contributed by atoms with Gasteiger partial charge in [-0.1, -0.05) is 12.1 Å². The number of aromatic nitrogens is 1. The van der Waals surface area contributed by atoms with Crippen LogP contribution in [0.25, 0.3) is 0 Å². The highest BCUT2D eigenvalue weighted by molar-refractivity contribution is 5.85. The van der Waals surface area contributed by atoms with Crippen LogP contribution in [-0.4, -0.2) is 29.1 Å². The third kappa shape index (κ3) is 3.82. The lowest BCUT2D eigenvalue weighted by Gasteiger charge is -2.25. The van der Waals surface area contributed by atoms with E-state index < -0.39 is 12.0 Å². The third-order valence-electron chi connectivity index (χ3n) is 3.39. The summed E-state index contributed by atoms with van der Waals surface area (Å²) in [6, 6.07) is 10.9. The average Bonchev–Trinajstić information content (AvgIpc) is 3.11. The number of fused-ring (bicyclic) bond motifs is 1. The summed E-state index contributed by atoms with van der Waals surface area (Å²) >= 11 is 0. The fourth-order valence-corrected chi connectivity index (χ4v) is 2.17. The lowest BCUT2D eigenvalue weighted by molar-refractivity contribution is -0.135. The second-order valence-corrected chi connectivity index (χ2v) is 5.07. The van der Waals surface area contributed by atoms with Gasteiger partial charge in [0.25, 0.3) is 5.91 Å². The minimum absolute atomic E-state index is 0.0993. The van der Waals surface area contributed by atoms with Gasteiger partial charge in [0.05, 0.1) is 0 Å². The van der Waals surface area contributed by atoms with Crippen LogP contribution in [0.3, 0.4) is 0 Å². The van der Waals surface area contributed by atoms with Crippen molar-refractivity contribution in [2.75, 3.05) is 6.61 Å². The molecule has 1 aromatic carbocycles. The van der Waals surface area contributed by atoms with Gasteiger partial charge in [-0.05, 0) is 24.3 Å². The van der Waals surface area contributed by atoms with E-state index in [0.29, 0.717) is 18.0 Å². The highest BCUT2D eigenvalue weighted by Gasteiger charge is 2.27. The molecule has 0 bridgehead atoms. The van der Waals surface area contributed by atoms with Crippen LogP contribution < -0.4 is 20.3 Å². The zero-order valence-electron chi connectivity index (χ0n) is 12.4. The number of hydrogen-bond acceptors (Lipinski definition) is 4. The molecule has 2 aromatic rings. The summed E-state index contributed by atoms with van der Waals surface area (Å²) in [5.41, 5.74) is 4.74. The molecular formula is C16H17N3O4. The molecule has 0 saturated heterocycles. The number of nitrogens with one attached hydrogen (secondary N) is 2. The summed E-state index contributed by atoms with van der Waals surface area (Å²) < 4.78 is 12.9. The first kappa shape index (κ1) is 15.0. The molecule has 0 aliphatic carbocycles.